The Morgan fingerprint density at radius 2 is 1.83 bits per heavy atom. The van der Waals surface area contributed by atoms with Crippen LogP contribution in [0.2, 0.25) is 5.02 Å². The third-order valence-electron chi connectivity index (χ3n) is 4.09. The number of methoxy groups -OCH3 is 1. The van der Waals surface area contributed by atoms with Crippen molar-refractivity contribution >= 4 is 22.5 Å². The second-order valence-electron chi connectivity index (χ2n) is 5.95. The SMILES string of the molecule is COc1ccc(-c2ccc3[nH]cc(CCN(C)C)c3c2Cl)cc1. The molecule has 0 amide bonds. The Balaban J connectivity index is 2.04. The first kappa shape index (κ1) is 15.9. The highest BCUT2D eigenvalue weighted by atomic mass is 35.5. The lowest BCUT2D eigenvalue weighted by atomic mass is 10.0. The number of benzene rings is 2. The zero-order valence-corrected chi connectivity index (χ0v) is 14.4. The van der Waals surface area contributed by atoms with Crippen molar-refractivity contribution in [3.8, 4) is 16.9 Å². The lowest BCUT2D eigenvalue weighted by Gasteiger charge is -2.11. The first-order valence-corrected chi connectivity index (χ1v) is 8.05. The second-order valence-corrected chi connectivity index (χ2v) is 6.32. The fourth-order valence-electron chi connectivity index (χ4n) is 2.78. The van der Waals surface area contributed by atoms with E-state index in [1.807, 2.05) is 24.3 Å². The summed E-state index contributed by atoms with van der Waals surface area (Å²) in [6.45, 7) is 0.996. The Morgan fingerprint density at radius 1 is 1.09 bits per heavy atom. The summed E-state index contributed by atoms with van der Waals surface area (Å²) in [6.07, 6.45) is 3.04. The average Bonchev–Trinajstić information content (AvgIpc) is 2.97. The molecule has 1 heterocycles. The molecule has 0 aliphatic heterocycles. The predicted molar refractivity (Wildman–Crippen MR) is 97.6 cm³/mol. The molecule has 0 bridgehead atoms. The molecule has 0 saturated heterocycles. The van der Waals surface area contributed by atoms with Crippen LogP contribution >= 0.6 is 11.6 Å². The Kier molecular flexibility index (Phi) is 4.60. The molecule has 0 aliphatic rings. The van der Waals surface area contributed by atoms with E-state index in [0.717, 1.165) is 45.8 Å². The molecule has 3 aromatic rings. The maximum absolute atomic E-state index is 6.75. The van der Waals surface area contributed by atoms with Crippen LogP contribution < -0.4 is 4.74 Å². The van der Waals surface area contributed by atoms with Crippen LogP contribution in [-0.2, 0) is 6.42 Å². The van der Waals surface area contributed by atoms with E-state index in [-0.39, 0.29) is 0 Å². The summed E-state index contributed by atoms with van der Waals surface area (Å²) in [6, 6.07) is 12.2. The van der Waals surface area contributed by atoms with Crippen molar-refractivity contribution in [2.24, 2.45) is 0 Å². The quantitative estimate of drug-likeness (QED) is 0.741. The molecule has 0 saturated carbocycles. The van der Waals surface area contributed by atoms with E-state index >= 15 is 0 Å². The first-order chi connectivity index (χ1) is 11.1. The molecular weight excluding hydrogens is 308 g/mol. The highest BCUT2D eigenvalue weighted by Gasteiger charge is 2.13. The molecule has 0 spiro atoms. The zero-order chi connectivity index (χ0) is 16.4. The van der Waals surface area contributed by atoms with E-state index in [1.165, 1.54) is 5.56 Å². The number of halogens is 1. The number of H-pyrrole nitrogens is 1. The van der Waals surface area contributed by atoms with Crippen LogP contribution in [0.5, 0.6) is 5.75 Å². The summed E-state index contributed by atoms with van der Waals surface area (Å²) in [5, 5.41) is 1.93. The summed E-state index contributed by atoms with van der Waals surface area (Å²) < 4.78 is 5.22. The van der Waals surface area contributed by atoms with Crippen molar-refractivity contribution in [1.82, 2.24) is 9.88 Å². The molecule has 1 N–H and O–H groups in total. The molecule has 0 unspecified atom stereocenters. The number of hydrogen-bond acceptors (Lipinski definition) is 2. The third kappa shape index (κ3) is 3.21. The van der Waals surface area contributed by atoms with Gasteiger partial charge in [0.1, 0.15) is 5.75 Å². The van der Waals surface area contributed by atoms with Crippen LogP contribution in [0.1, 0.15) is 5.56 Å². The molecule has 0 aliphatic carbocycles. The summed E-state index contributed by atoms with van der Waals surface area (Å²) in [5.74, 6) is 0.847. The maximum Gasteiger partial charge on any atom is 0.118 e. The van der Waals surface area contributed by atoms with Crippen molar-refractivity contribution in [1.29, 1.82) is 0 Å². The summed E-state index contributed by atoms with van der Waals surface area (Å²) in [4.78, 5) is 5.51. The van der Waals surface area contributed by atoms with E-state index in [1.54, 1.807) is 7.11 Å². The first-order valence-electron chi connectivity index (χ1n) is 7.67. The Bertz CT molecular complexity index is 806. The normalized spacial score (nSPS) is 11.3. The van der Waals surface area contributed by atoms with Gasteiger partial charge in [-0.25, -0.2) is 0 Å². The molecule has 0 fully saturated rings. The number of ether oxygens (including phenoxy) is 1. The van der Waals surface area contributed by atoms with Gasteiger partial charge in [-0.2, -0.15) is 0 Å². The van der Waals surface area contributed by atoms with E-state index in [0.29, 0.717) is 0 Å². The minimum Gasteiger partial charge on any atom is -0.497 e. The van der Waals surface area contributed by atoms with Gasteiger partial charge < -0.3 is 14.6 Å². The smallest absolute Gasteiger partial charge is 0.118 e. The zero-order valence-electron chi connectivity index (χ0n) is 13.7. The standard InChI is InChI=1S/C19H21ClN2O/c1-22(2)11-10-14-12-21-17-9-8-16(19(20)18(14)17)13-4-6-15(23-3)7-5-13/h4-9,12,21H,10-11H2,1-3H3. The van der Waals surface area contributed by atoms with E-state index < -0.39 is 0 Å². The minimum absolute atomic E-state index is 0.808. The highest BCUT2D eigenvalue weighted by molar-refractivity contribution is 6.38. The molecule has 3 nitrogen and oxygen atoms in total. The van der Waals surface area contributed by atoms with Gasteiger partial charge in [-0.3, -0.25) is 0 Å². The third-order valence-corrected chi connectivity index (χ3v) is 4.49. The molecule has 0 atom stereocenters. The Hall–Kier alpha value is -1.97. The van der Waals surface area contributed by atoms with Gasteiger partial charge in [0.25, 0.3) is 0 Å². The van der Waals surface area contributed by atoms with E-state index in [2.05, 4.69) is 42.3 Å². The summed E-state index contributed by atoms with van der Waals surface area (Å²) >= 11 is 6.75. The molecular formula is C19H21ClN2O. The van der Waals surface area contributed by atoms with Crippen molar-refractivity contribution in [2.45, 2.75) is 6.42 Å². The summed E-state index contributed by atoms with van der Waals surface area (Å²) in [7, 11) is 5.84. The van der Waals surface area contributed by atoms with Crippen molar-refractivity contribution in [2.75, 3.05) is 27.7 Å². The van der Waals surface area contributed by atoms with Crippen LogP contribution in [0.15, 0.2) is 42.6 Å². The van der Waals surface area contributed by atoms with Gasteiger partial charge in [-0.05, 0) is 49.8 Å². The number of rotatable bonds is 5. The summed E-state index contributed by atoms with van der Waals surface area (Å²) in [5.41, 5.74) is 4.49. The number of hydrogen-bond donors (Lipinski definition) is 1. The molecule has 3 rings (SSSR count). The fraction of sp³-hybridized carbons (Fsp3) is 0.263. The van der Waals surface area contributed by atoms with Crippen LogP contribution in [0, 0.1) is 0 Å². The van der Waals surface area contributed by atoms with E-state index in [9.17, 15) is 0 Å². The fourth-order valence-corrected chi connectivity index (χ4v) is 3.18. The molecule has 4 heteroatoms. The average molecular weight is 329 g/mol. The van der Waals surface area contributed by atoms with Gasteiger partial charge in [-0.1, -0.05) is 29.8 Å². The Morgan fingerprint density at radius 3 is 2.48 bits per heavy atom. The number of nitrogens with zero attached hydrogens (tertiary/aromatic N) is 1. The topological polar surface area (TPSA) is 28.3 Å². The van der Waals surface area contributed by atoms with Crippen LogP contribution in [0.25, 0.3) is 22.0 Å². The molecule has 1 aromatic heterocycles. The lowest BCUT2D eigenvalue weighted by molar-refractivity contribution is 0.414. The highest BCUT2D eigenvalue weighted by Crippen LogP contribution is 2.36. The predicted octanol–water partition coefficient (Wildman–Crippen LogP) is 4.60. The van der Waals surface area contributed by atoms with Gasteiger partial charge in [0.15, 0.2) is 0 Å². The largest absolute Gasteiger partial charge is 0.497 e. The van der Waals surface area contributed by atoms with Gasteiger partial charge in [0.05, 0.1) is 12.1 Å². The number of aromatic nitrogens is 1. The Labute approximate surface area is 141 Å². The van der Waals surface area contributed by atoms with Gasteiger partial charge in [-0.15, -0.1) is 0 Å². The van der Waals surface area contributed by atoms with Crippen LogP contribution in [0.3, 0.4) is 0 Å². The molecule has 0 radical (unpaired) electrons. The molecule has 120 valence electrons. The lowest BCUT2D eigenvalue weighted by Crippen LogP contribution is -2.14. The van der Waals surface area contributed by atoms with Crippen LogP contribution in [-0.4, -0.2) is 37.6 Å². The maximum atomic E-state index is 6.75. The van der Waals surface area contributed by atoms with Gasteiger partial charge in [0, 0.05) is 29.2 Å². The van der Waals surface area contributed by atoms with E-state index in [4.69, 9.17) is 16.3 Å². The van der Waals surface area contributed by atoms with Crippen LogP contribution in [0.4, 0.5) is 0 Å². The van der Waals surface area contributed by atoms with Gasteiger partial charge >= 0.3 is 0 Å². The second kappa shape index (κ2) is 6.65. The monoisotopic (exact) mass is 328 g/mol. The number of aromatic amines is 1. The minimum atomic E-state index is 0.808. The van der Waals surface area contributed by atoms with Gasteiger partial charge in [0.2, 0.25) is 0 Å². The number of nitrogens with one attached hydrogen (secondary N) is 1. The number of fused-ring (bicyclic) bond motifs is 1. The van der Waals surface area contributed by atoms with Crippen molar-refractivity contribution in [3.05, 3.63) is 53.2 Å². The number of likely N-dealkylation sites (N-methyl/N-ethyl adjacent to an activating group) is 1. The van der Waals surface area contributed by atoms with Crippen molar-refractivity contribution < 1.29 is 4.74 Å². The molecule has 2 aromatic carbocycles. The molecule has 23 heavy (non-hydrogen) atoms. The van der Waals surface area contributed by atoms with Crippen molar-refractivity contribution in [3.63, 3.8) is 0 Å².